The average Bonchev–Trinajstić information content (AvgIpc) is 3.38. The number of hydrogen-bond acceptors (Lipinski definition) is 6. The summed E-state index contributed by atoms with van der Waals surface area (Å²) < 4.78 is 33.6. The van der Waals surface area contributed by atoms with Crippen molar-refractivity contribution in [3.8, 4) is 22.2 Å². The maximum Gasteiger partial charge on any atom is 0.269 e. The van der Waals surface area contributed by atoms with Gasteiger partial charge in [0.1, 0.15) is 9.77 Å². The third kappa shape index (κ3) is 4.00. The number of nitrogens with zero attached hydrogens (tertiary/aromatic N) is 3. The molecule has 0 N–H and O–H groups in total. The lowest BCUT2D eigenvalue weighted by Crippen LogP contribution is -2.26. The summed E-state index contributed by atoms with van der Waals surface area (Å²) in [5, 5.41) is 5.79. The number of hydrogen-bond donors (Lipinski definition) is 0. The lowest BCUT2D eigenvalue weighted by molar-refractivity contribution is 0.432. The van der Waals surface area contributed by atoms with Crippen LogP contribution in [0.4, 0.5) is 5.69 Å². The molecule has 6 nitrogen and oxygen atoms in total. The summed E-state index contributed by atoms with van der Waals surface area (Å²) in [6.07, 6.45) is 0. The van der Waals surface area contributed by atoms with Gasteiger partial charge in [-0.15, -0.1) is 11.3 Å². The Morgan fingerprint density at radius 3 is 2.32 bits per heavy atom. The van der Waals surface area contributed by atoms with E-state index in [0.29, 0.717) is 16.4 Å². The molecule has 0 aliphatic heterocycles. The van der Waals surface area contributed by atoms with Gasteiger partial charge in [-0.3, -0.25) is 4.31 Å². The van der Waals surface area contributed by atoms with Crippen LogP contribution in [0.15, 0.2) is 57.3 Å². The summed E-state index contributed by atoms with van der Waals surface area (Å²) >= 11 is 1.26. The molecule has 0 aliphatic rings. The molecule has 2 heterocycles. The third-order valence-corrected chi connectivity index (χ3v) is 8.08. The number of anilines is 1. The molecule has 0 atom stereocenters. The van der Waals surface area contributed by atoms with Crippen molar-refractivity contribution in [2.24, 2.45) is 0 Å². The van der Waals surface area contributed by atoms with Crippen molar-refractivity contribution in [3.63, 3.8) is 0 Å². The fourth-order valence-electron chi connectivity index (χ4n) is 3.39. The predicted octanol–water partition coefficient (Wildman–Crippen LogP) is 5.52. The topological polar surface area (TPSA) is 76.3 Å². The maximum absolute atomic E-state index is 13.4. The Morgan fingerprint density at radius 2 is 1.65 bits per heavy atom. The second kappa shape index (κ2) is 7.94. The molecule has 0 radical (unpaired) electrons. The summed E-state index contributed by atoms with van der Waals surface area (Å²) in [6.45, 7) is 7.95. The normalized spacial score (nSPS) is 11.6. The number of sulfonamides is 1. The fraction of sp³-hybridized carbons (Fsp3) is 0.217. The SMILES string of the molecule is Cc1cc(C)cc(N(C)S(=O)(=O)c2ccsc2-c2nc(-c3ccc(C)c(C)c3)no2)c1. The van der Waals surface area contributed by atoms with Crippen LogP contribution in [0.2, 0.25) is 0 Å². The molecule has 4 rings (SSSR count). The van der Waals surface area contributed by atoms with Crippen LogP contribution < -0.4 is 4.31 Å². The quantitative estimate of drug-likeness (QED) is 0.397. The fourth-order valence-corrected chi connectivity index (χ4v) is 5.88. The Hall–Kier alpha value is -2.97. The van der Waals surface area contributed by atoms with Gasteiger partial charge in [-0.1, -0.05) is 23.4 Å². The molecule has 0 fully saturated rings. The highest BCUT2D eigenvalue weighted by molar-refractivity contribution is 7.93. The first kappa shape index (κ1) is 21.3. The Balaban J connectivity index is 1.72. The molecule has 0 amide bonds. The number of aromatic nitrogens is 2. The van der Waals surface area contributed by atoms with E-state index in [9.17, 15) is 8.42 Å². The monoisotopic (exact) mass is 453 g/mol. The largest absolute Gasteiger partial charge is 0.333 e. The first-order valence-electron chi connectivity index (χ1n) is 9.73. The molecule has 31 heavy (non-hydrogen) atoms. The molecule has 0 bridgehead atoms. The second-order valence-corrected chi connectivity index (χ2v) is 10.5. The Labute approximate surface area is 186 Å². The zero-order valence-electron chi connectivity index (χ0n) is 18.0. The minimum atomic E-state index is -3.81. The first-order chi connectivity index (χ1) is 14.7. The Morgan fingerprint density at radius 1 is 0.935 bits per heavy atom. The van der Waals surface area contributed by atoms with Crippen LogP contribution in [0, 0.1) is 27.7 Å². The molecule has 160 valence electrons. The van der Waals surface area contributed by atoms with Crippen molar-refractivity contribution in [1.29, 1.82) is 0 Å². The van der Waals surface area contributed by atoms with Gasteiger partial charge in [0.2, 0.25) is 5.82 Å². The second-order valence-electron chi connectivity index (χ2n) is 7.65. The molecule has 2 aromatic carbocycles. The van der Waals surface area contributed by atoms with Crippen molar-refractivity contribution >= 4 is 27.0 Å². The van der Waals surface area contributed by atoms with E-state index in [4.69, 9.17) is 4.52 Å². The highest BCUT2D eigenvalue weighted by Gasteiger charge is 2.29. The molecule has 0 saturated carbocycles. The van der Waals surface area contributed by atoms with Crippen LogP contribution in [-0.2, 0) is 10.0 Å². The van der Waals surface area contributed by atoms with Crippen LogP contribution >= 0.6 is 11.3 Å². The number of benzene rings is 2. The van der Waals surface area contributed by atoms with Gasteiger partial charge in [0.25, 0.3) is 15.9 Å². The van der Waals surface area contributed by atoms with Gasteiger partial charge in [-0.05, 0) is 79.6 Å². The van der Waals surface area contributed by atoms with Gasteiger partial charge in [0.15, 0.2) is 0 Å². The average molecular weight is 454 g/mol. The maximum atomic E-state index is 13.4. The Kier molecular flexibility index (Phi) is 5.45. The summed E-state index contributed by atoms with van der Waals surface area (Å²) in [5.74, 6) is 0.619. The van der Waals surface area contributed by atoms with E-state index >= 15 is 0 Å². The van der Waals surface area contributed by atoms with Crippen LogP contribution in [-0.4, -0.2) is 25.6 Å². The summed E-state index contributed by atoms with van der Waals surface area (Å²) in [7, 11) is -2.26. The zero-order chi connectivity index (χ0) is 22.3. The van der Waals surface area contributed by atoms with Gasteiger partial charge in [-0.2, -0.15) is 4.98 Å². The zero-order valence-corrected chi connectivity index (χ0v) is 19.6. The number of rotatable bonds is 5. The smallest absolute Gasteiger partial charge is 0.269 e. The Bertz CT molecular complexity index is 1350. The van der Waals surface area contributed by atoms with Crippen LogP contribution in [0.5, 0.6) is 0 Å². The van der Waals surface area contributed by atoms with E-state index < -0.39 is 10.0 Å². The molecule has 0 spiro atoms. The summed E-state index contributed by atoms with van der Waals surface area (Å²) in [5.41, 5.74) is 5.73. The minimum absolute atomic E-state index is 0.148. The van der Waals surface area contributed by atoms with Gasteiger partial charge >= 0.3 is 0 Å². The van der Waals surface area contributed by atoms with Gasteiger partial charge in [0, 0.05) is 12.6 Å². The molecule has 0 aliphatic carbocycles. The van der Waals surface area contributed by atoms with Crippen molar-refractivity contribution in [3.05, 3.63) is 70.1 Å². The van der Waals surface area contributed by atoms with Crippen LogP contribution in [0.25, 0.3) is 22.2 Å². The highest BCUT2D eigenvalue weighted by Crippen LogP contribution is 2.36. The summed E-state index contributed by atoms with van der Waals surface area (Å²) in [6, 6.07) is 13.2. The predicted molar refractivity (Wildman–Crippen MR) is 124 cm³/mol. The van der Waals surface area contributed by atoms with Crippen molar-refractivity contribution in [1.82, 2.24) is 10.1 Å². The molecular weight excluding hydrogens is 430 g/mol. The lowest BCUT2D eigenvalue weighted by Gasteiger charge is -2.20. The van der Waals surface area contributed by atoms with E-state index in [1.54, 1.807) is 18.5 Å². The van der Waals surface area contributed by atoms with Crippen LogP contribution in [0.1, 0.15) is 22.3 Å². The van der Waals surface area contributed by atoms with E-state index in [1.165, 1.54) is 21.2 Å². The van der Waals surface area contributed by atoms with Crippen molar-refractivity contribution in [2.75, 3.05) is 11.4 Å². The molecule has 2 aromatic heterocycles. The summed E-state index contributed by atoms with van der Waals surface area (Å²) in [4.78, 5) is 5.05. The molecular formula is C23H23N3O3S2. The first-order valence-corrected chi connectivity index (χ1v) is 12.1. The van der Waals surface area contributed by atoms with Gasteiger partial charge in [-0.25, -0.2) is 8.42 Å². The van der Waals surface area contributed by atoms with Crippen molar-refractivity contribution in [2.45, 2.75) is 32.6 Å². The lowest BCUT2D eigenvalue weighted by atomic mass is 10.1. The van der Waals surface area contributed by atoms with E-state index in [2.05, 4.69) is 10.1 Å². The molecule has 0 saturated heterocycles. The molecule has 4 aromatic rings. The van der Waals surface area contributed by atoms with E-state index in [-0.39, 0.29) is 10.8 Å². The number of aryl methyl sites for hydroxylation is 4. The van der Waals surface area contributed by atoms with Gasteiger partial charge < -0.3 is 4.52 Å². The molecule has 0 unspecified atom stereocenters. The van der Waals surface area contributed by atoms with Crippen molar-refractivity contribution < 1.29 is 12.9 Å². The van der Waals surface area contributed by atoms with Gasteiger partial charge in [0.05, 0.1) is 5.69 Å². The minimum Gasteiger partial charge on any atom is -0.333 e. The number of thiophene rings is 1. The van der Waals surface area contributed by atoms with Crippen LogP contribution in [0.3, 0.4) is 0 Å². The highest BCUT2D eigenvalue weighted by atomic mass is 32.2. The van der Waals surface area contributed by atoms with E-state index in [0.717, 1.165) is 22.3 Å². The van der Waals surface area contributed by atoms with E-state index in [1.807, 2.05) is 64.1 Å². The third-order valence-electron chi connectivity index (χ3n) is 5.22. The molecule has 8 heteroatoms. The standard InChI is InChI=1S/C23H23N3O3S2/c1-14-10-15(2)12-19(11-14)26(5)31(27,28)20-8-9-30-21(20)23-24-22(25-29-23)18-7-6-16(3)17(4)13-18/h6-13H,1-5H3.